The summed E-state index contributed by atoms with van der Waals surface area (Å²) in [6.07, 6.45) is -0.987. The summed E-state index contributed by atoms with van der Waals surface area (Å²) in [6, 6.07) is 29.3. The van der Waals surface area contributed by atoms with Crippen LogP contribution in [-0.2, 0) is 16.0 Å². The zero-order chi connectivity index (χ0) is 41.7. The number of nitriles is 2. The molecule has 0 spiro atoms. The number of nitrogens with zero attached hydrogens (tertiary/aromatic N) is 6. The summed E-state index contributed by atoms with van der Waals surface area (Å²) in [4.78, 5) is 43.9. The fourth-order valence-corrected chi connectivity index (χ4v) is 7.35. The molecule has 0 aromatic heterocycles. The minimum Gasteiger partial charge on any atom is -0.493 e. The van der Waals surface area contributed by atoms with Gasteiger partial charge in [0, 0.05) is 28.9 Å². The van der Waals surface area contributed by atoms with E-state index < -0.39 is 12.3 Å². The van der Waals surface area contributed by atoms with Gasteiger partial charge in [-0.3, -0.25) is 9.59 Å². The van der Waals surface area contributed by atoms with E-state index in [-0.39, 0.29) is 41.7 Å². The van der Waals surface area contributed by atoms with Gasteiger partial charge in [-0.25, -0.2) is 20.0 Å². The normalized spacial score (nSPS) is 15.7. The number of rotatable bonds is 14. The van der Waals surface area contributed by atoms with Crippen molar-refractivity contribution in [3.05, 3.63) is 118 Å². The van der Waals surface area contributed by atoms with E-state index >= 15 is 0 Å². The number of guanidine groups is 2. The van der Waals surface area contributed by atoms with E-state index in [0.29, 0.717) is 68.7 Å². The molecule has 18 heteroatoms. The molecule has 59 heavy (non-hydrogen) atoms. The molecule has 0 fully saturated rings. The second-order valence-corrected chi connectivity index (χ2v) is 14.6. The lowest BCUT2D eigenvalue weighted by molar-refractivity contribution is -0.114. The quantitative estimate of drug-likeness (QED) is 0.0971. The van der Waals surface area contributed by atoms with Crippen LogP contribution in [-0.4, -0.2) is 58.8 Å². The molecule has 2 heterocycles. The fraction of sp³-hybridized carbons (Fsp3) is 0.220. The van der Waals surface area contributed by atoms with Gasteiger partial charge in [-0.05, 0) is 61.4 Å². The Morgan fingerprint density at radius 3 is 1.51 bits per heavy atom. The summed E-state index contributed by atoms with van der Waals surface area (Å²) < 4.78 is 11.4. The lowest BCUT2D eigenvalue weighted by atomic mass is 9.96. The minimum atomic E-state index is -0.627. The number of anilines is 2. The molecular formula is C41H40N12O4S2. The first-order valence-corrected chi connectivity index (χ1v) is 20.3. The molecule has 2 atom stereocenters. The van der Waals surface area contributed by atoms with Crippen molar-refractivity contribution in [3.63, 3.8) is 0 Å². The first kappa shape index (κ1) is 41.6. The van der Waals surface area contributed by atoms with Crippen molar-refractivity contribution in [1.82, 2.24) is 10.6 Å². The van der Waals surface area contributed by atoms with E-state index in [4.69, 9.17) is 20.9 Å². The van der Waals surface area contributed by atoms with Crippen LogP contribution < -0.4 is 42.2 Å². The number of carbonyl (C=O) groups is 2. The van der Waals surface area contributed by atoms with Gasteiger partial charge in [0.2, 0.25) is 11.8 Å². The van der Waals surface area contributed by atoms with Crippen molar-refractivity contribution in [2.45, 2.75) is 32.6 Å². The largest absolute Gasteiger partial charge is 0.493 e. The Labute approximate surface area is 349 Å². The van der Waals surface area contributed by atoms with Gasteiger partial charge in [0.25, 0.3) is 0 Å². The number of amidine groups is 2. The molecule has 0 bridgehead atoms. The first-order chi connectivity index (χ1) is 28.7. The van der Waals surface area contributed by atoms with Crippen LogP contribution in [0.3, 0.4) is 0 Å². The second-order valence-electron chi connectivity index (χ2n) is 12.7. The van der Waals surface area contributed by atoms with Gasteiger partial charge in [0.15, 0.2) is 34.6 Å². The topological polar surface area (TPSA) is 250 Å². The number of thioether (sulfide) groups is 2. The third-order valence-corrected chi connectivity index (χ3v) is 10.3. The van der Waals surface area contributed by atoms with Crippen LogP contribution in [0.1, 0.15) is 59.6 Å². The number of hydrogen-bond acceptors (Lipinski definition) is 16. The summed E-state index contributed by atoms with van der Waals surface area (Å²) in [5.74, 6) is 1.02. The highest BCUT2D eigenvalue weighted by atomic mass is 32.2. The zero-order valence-electron chi connectivity index (χ0n) is 32.1. The van der Waals surface area contributed by atoms with Gasteiger partial charge < -0.3 is 42.2 Å². The Balaban J connectivity index is 1.03. The molecule has 0 radical (unpaired) electrons. The molecule has 2 aliphatic rings. The van der Waals surface area contributed by atoms with Gasteiger partial charge in [0.1, 0.15) is 11.5 Å². The summed E-state index contributed by atoms with van der Waals surface area (Å²) >= 11 is 2.32. The minimum absolute atomic E-state index is 0.00915. The highest BCUT2D eigenvalue weighted by Crippen LogP contribution is 2.32. The smallest absolute Gasteiger partial charge is 0.234 e. The number of amides is 2. The Bertz CT molecular complexity index is 2270. The summed E-state index contributed by atoms with van der Waals surface area (Å²) in [6.45, 7) is 4.75. The molecule has 4 aromatic carbocycles. The SMILES string of the molecule is CCOc1ccccc1[C@@H]1N=C(N)NC(SCC(=O)Nc2ccc(Cc3ccc(NC(=O)CSC4=N[C@@H](c5ccccc5OCC)N=C(N)N4)cc3C#N)c(C#N)c2)=N1. The van der Waals surface area contributed by atoms with Gasteiger partial charge in [-0.2, -0.15) is 10.5 Å². The number of para-hydroxylation sites is 2. The van der Waals surface area contributed by atoms with Gasteiger partial charge in [-0.1, -0.05) is 72.1 Å². The molecule has 0 aliphatic carbocycles. The maximum absolute atomic E-state index is 13.0. The van der Waals surface area contributed by atoms with Gasteiger partial charge in [-0.15, -0.1) is 0 Å². The molecule has 8 N–H and O–H groups in total. The molecule has 300 valence electrons. The third-order valence-electron chi connectivity index (χ3n) is 8.55. The van der Waals surface area contributed by atoms with Crippen LogP contribution in [0.4, 0.5) is 11.4 Å². The number of hydrogen-bond donors (Lipinski definition) is 6. The van der Waals surface area contributed by atoms with Crippen LogP contribution in [0.2, 0.25) is 0 Å². The molecule has 0 unspecified atom stereocenters. The fourth-order valence-electron chi connectivity index (χ4n) is 5.97. The number of carbonyl (C=O) groups excluding carboxylic acids is 2. The lowest BCUT2D eigenvalue weighted by Crippen LogP contribution is -2.39. The van der Waals surface area contributed by atoms with Gasteiger partial charge >= 0.3 is 0 Å². The molecular weight excluding hydrogens is 789 g/mol. The Hall–Kier alpha value is -7.02. The van der Waals surface area contributed by atoms with Crippen LogP contribution in [0.25, 0.3) is 0 Å². The molecule has 4 aromatic rings. The first-order valence-electron chi connectivity index (χ1n) is 18.4. The van der Waals surface area contributed by atoms with E-state index in [9.17, 15) is 20.1 Å². The maximum Gasteiger partial charge on any atom is 0.234 e. The standard InChI is InChI=1S/C41H40N12O4S2/c1-3-56-32-11-7-5-9-30(32)36-48-38(44)52-40(50-36)58-22-34(54)46-28-15-13-24(26(18-28)20-42)17-25-14-16-29(19-27(25)21-43)47-35(55)23-59-41-51-37(49-39(45)53-41)31-10-6-8-12-33(31)57-4-2/h5-16,18-19,36-37H,3-4,17,22-23H2,1-2H3,(H,46,54)(H,47,55)(H3,44,48,50,52)(H3,45,49,51,53)/t36-,37+. The van der Waals surface area contributed by atoms with Crippen molar-refractivity contribution in [2.75, 3.05) is 35.4 Å². The zero-order valence-corrected chi connectivity index (χ0v) is 33.7. The van der Waals surface area contributed by atoms with Crippen LogP contribution in [0.15, 0.2) is 105 Å². The Morgan fingerprint density at radius 2 is 1.10 bits per heavy atom. The Kier molecular flexibility index (Phi) is 14.0. The van der Waals surface area contributed by atoms with E-state index in [2.05, 4.69) is 53.4 Å². The molecule has 0 saturated carbocycles. The van der Waals surface area contributed by atoms with E-state index in [1.807, 2.05) is 62.4 Å². The van der Waals surface area contributed by atoms with Crippen molar-refractivity contribution in [3.8, 4) is 23.6 Å². The highest BCUT2D eigenvalue weighted by molar-refractivity contribution is 8.14. The average Bonchev–Trinajstić information content (AvgIpc) is 3.23. The van der Waals surface area contributed by atoms with E-state index in [0.717, 1.165) is 34.7 Å². The number of benzene rings is 4. The molecule has 0 saturated heterocycles. The van der Waals surface area contributed by atoms with E-state index in [1.54, 1.807) is 36.4 Å². The summed E-state index contributed by atoms with van der Waals surface area (Å²) in [5.41, 5.74) is 16.4. The van der Waals surface area contributed by atoms with Crippen molar-refractivity contribution in [2.24, 2.45) is 31.4 Å². The second kappa shape index (κ2) is 19.9. The lowest BCUT2D eigenvalue weighted by Gasteiger charge is -2.20. The van der Waals surface area contributed by atoms with Crippen molar-refractivity contribution < 1.29 is 19.1 Å². The van der Waals surface area contributed by atoms with Crippen molar-refractivity contribution in [1.29, 1.82) is 10.5 Å². The summed E-state index contributed by atoms with van der Waals surface area (Å²) in [5, 5.41) is 32.3. The number of aliphatic imine (C=N–C) groups is 4. The van der Waals surface area contributed by atoms with Crippen LogP contribution in [0, 0.1) is 22.7 Å². The monoisotopic (exact) mass is 828 g/mol. The number of ether oxygens (including phenoxy) is 2. The maximum atomic E-state index is 13.0. The molecule has 6 rings (SSSR count). The average molecular weight is 829 g/mol. The summed E-state index contributed by atoms with van der Waals surface area (Å²) in [7, 11) is 0. The predicted molar refractivity (Wildman–Crippen MR) is 232 cm³/mol. The molecule has 2 amide bonds. The molecule has 16 nitrogen and oxygen atoms in total. The Morgan fingerprint density at radius 1 is 0.678 bits per heavy atom. The third kappa shape index (κ3) is 11.1. The van der Waals surface area contributed by atoms with Gasteiger partial charge in [0.05, 0.1) is 48.0 Å². The molecule has 2 aliphatic heterocycles. The van der Waals surface area contributed by atoms with Crippen LogP contribution >= 0.6 is 23.5 Å². The highest BCUT2D eigenvalue weighted by Gasteiger charge is 2.23. The number of nitrogens with one attached hydrogen (secondary N) is 4. The number of nitrogens with two attached hydrogens (primary N) is 2. The predicted octanol–water partition coefficient (Wildman–Crippen LogP) is 5.11. The van der Waals surface area contributed by atoms with Crippen LogP contribution in [0.5, 0.6) is 11.5 Å². The van der Waals surface area contributed by atoms with Crippen molar-refractivity contribution >= 4 is 69.0 Å². The van der Waals surface area contributed by atoms with E-state index in [1.165, 1.54) is 0 Å².